The van der Waals surface area contributed by atoms with Gasteiger partial charge in [-0.1, -0.05) is 42.0 Å². The average Bonchev–Trinajstić information content (AvgIpc) is 3.16. The highest BCUT2D eigenvalue weighted by Gasteiger charge is 2.44. The molecule has 0 unspecified atom stereocenters. The smallest absolute Gasteiger partial charge is 0.163 e. The molecule has 1 saturated heterocycles. The molecule has 1 aromatic heterocycles. The Labute approximate surface area is 196 Å². The summed E-state index contributed by atoms with van der Waals surface area (Å²) >= 11 is 0. The van der Waals surface area contributed by atoms with Gasteiger partial charge in [-0.05, 0) is 59.9 Å². The van der Waals surface area contributed by atoms with Crippen LogP contribution >= 0.6 is 0 Å². The van der Waals surface area contributed by atoms with Crippen LogP contribution in [0, 0.1) is 19.7 Å². The molecule has 1 aliphatic heterocycles. The van der Waals surface area contributed by atoms with Gasteiger partial charge in [0.1, 0.15) is 30.2 Å². The molecule has 4 N–H and O–H groups in total. The number of aliphatic hydroxyl groups is 4. The van der Waals surface area contributed by atoms with E-state index in [1.54, 1.807) is 17.7 Å². The summed E-state index contributed by atoms with van der Waals surface area (Å²) < 4.78 is 21.9. The largest absolute Gasteiger partial charge is 0.394 e. The van der Waals surface area contributed by atoms with Gasteiger partial charge in [-0.25, -0.2) is 4.39 Å². The molecule has 5 atom stereocenters. The third-order valence-corrected chi connectivity index (χ3v) is 6.76. The van der Waals surface area contributed by atoms with Gasteiger partial charge in [0.15, 0.2) is 6.23 Å². The number of rotatable bonds is 4. The molecule has 2 heterocycles. The zero-order chi connectivity index (χ0) is 24.1. The molecule has 0 aliphatic carbocycles. The Morgan fingerprint density at radius 1 is 0.912 bits per heavy atom. The number of ether oxygens (including phenoxy) is 1. The van der Waals surface area contributed by atoms with Gasteiger partial charge in [0.2, 0.25) is 0 Å². The van der Waals surface area contributed by atoms with E-state index in [0.717, 1.165) is 21.9 Å². The SMILES string of the molecule is Cc1ccc2cc(Cc3cn([C@@H]4O[C@H](CO)[C@@H](O)[C@H](O)[C@H]4O)c4c(C)cc(F)cc34)ccc2c1. The van der Waals surface area contributed by atoms with Crippen molar-refractivity contribution in [2.45, 2.75) is 50.9 Å². The van der Waals surface area contributed by atoms with Gasteiger partial charge in [0.05, 0.1) is 12.1 Å². The van der Waals surface area contributed by atoms with Gasteiger partial charge in [-0.2, -0.15) is 0 Å². The molecule has 7 heteroatoms. The fourth-order valence-corrected chi connectivity index (χ4v) is 5.02. The van der Waals surface area contributed by atoms with Crippen molar-refractivity contribution in [1.29, 1.82) is 0 Å². The Hall–Kier alpha value is -2.81. The fraction of sp³-hybridized carbons (Fsp3) is 0.333. The monoisotopic (exact) mass is 465 g/mol. The minimum absolute atomic E-state index is 0.369. The summed E-state index contributed by atoms with van der Waals surface area (Å²) in [6.45, 7) is 3.31. The number of halogens is 1. The predicted octanol–water partition coefficient (Wildman–Crippen LogP) is 3.11. The van der Waals surface area contributed by atoms with Crippen LogP contribution in [-0.4, -0.2) is 56.0 Å². The zero-order valence-corrected chi connectivity index (χ0v) is 19.0. The maximum absolute atomic E-state index is 14.4. The third kappa shape index (κ3) is 3.89. The first-order chi connectivity index (χ1) is 16.3. The molecule has 4 aromatic rings. The van der Waals surface area contributed by atoms with Crippen LogP contribution < -0.4 is 0 Å². The quantitative estimate of drug-likeness (QED) is 0.372. The minimum atomic E-state index is -1.50. The molecule has 1 aliphatic rings. The summed E-state index contributed by atoms with van der Waals surface area (Å²) in [5, 5.41) is 43.7. The number of hydrogen-bond acceptors (Lipinski definition) is 5. The highest BCUT2D eigenvalue weighted by atomic mass is 19.1. The van der Waals surface area contributed by atoms with Gasteiger partial charge in [0.25, 0.3) is 0 Å². The summed E-state index contributed by atoms with van der Waals surface area (Å²) in [5.74, 6) is -0.369. The average molecular weight is 466 g/mol. The number of nitrogens with zero attached hydrogens (tertiary/aromatic N) is 1. The lowest BCUT2D eigenvalue weighted by Crippen LogP contribution is -2.56. The van der Waals surface area contributed by atoms with E-state index in [0.29, 0.717) is 22.9 Å². The molecule has 178 valence electrons. The molecule has 1 fully saturated rings. The lowest BCUT2D eigenvalue weighted by atomic mass is 9.98. The standard InChI is InChI=1S/C27H28FNO5/c1-14-3-5-18-9-16(4-6-17(18)7-14)10-19-12-29(23-15(2)8-20(28)11-21(19)23)27-26(33)25(32)24(31)22(13-30)34-27/h3-9,11-12,22,24-27,30-33H,10,13H2,1-2H3/t22-,24-,25+,26-,27-/m1/s1. The summed E-state index contributed by atoms with van der Waals surface area (Å²) in [4.78, 5) is 0. The van der Waals surface area contributed by atoms with E-state index < -0.39 is 37.3 Å². The summed E-state index contributed by atoms with van der Waals surface area (Å²) in [6.07, 6.45) is -4.16. The molecule has 0 bridgehead atoms. The van der Waals surface area contributed by atoms with Crippen molar-refractivity contribution >= 4 is 21.7 Å². The Morgan fingerprint density at radius 3 is 2.41 bits per heavy atom. The van der Waals surface area contributed by atoms with Gasteiger partial charge >= 0.3 is 0 Å². The molecule has 5 rings (SSSR count). The molecule has 0 spiro atoms. The lowest BCUT2D eigenvalue weighted by Gasteiger charge is -2.40. The first-order valence-corrected chi connectivity index (χ1v) is 11.4. The van der Waals surface area contributed by atoms with Crippen molar-refractivity contribution in [3.05, 3.63) is 82.8 Å². The second-order valence-electron chi connectivity index (χ2n) is 9.26. The zero-order valence-electron chi connectivity index (χ0n) is 19.0. The van der Waals surface area contributed by atoms with Crippen LogP contribution in [0.15, 0.2) is 54.7 Å². The van der Waals surface area contributed by atoms with Gasteiger partial charge < -0.3 is 29.7 Å². The van der Waals surface area contributed by atoms with Crippen molar-refractivity contribution < 1.29 is 29.6 Å². The van der Waals surface area contributed by atoms with Crippen molar-refractivity contribution in [2.75, 3.05) is 6.61 Å². The summed E-state index contributed by atoms with van der Waals surface area (Å²) in [5.41, 5.74) is 4.38. The van der Waals surface area contributed by atoms with Crippen molar-refractivity contribution in [1.82, 2.24) is 4.57 Å². The summed E-state index contributed by atoms with van der Waals surface area (Å²) in [7, 11) is 0. The number of aryl methyl sites for hydroxylation is 2. The molecule has 0 radical (unpaired) electrons. The van der Waals surface area contributed by atoms with Crippen LogP contribution in [0.1, 0.15) is 28.5 Å². The van der Waals surface area contributed by atoms with Gasteiger partial charge in [-0.3, -0.25) is 0 Å². The molecule has 34 heavy (non-hydrogen) atoms. The first kappa shape index (κ1) is 23.0. The van der Waals surface area contributed by atoms with E-state index in [9.17, 15) is 24.8 Å². The van der Waals surface area contributed by atoms with E-state index >= 15 is 0 Å². The highest BCUT2D eigenvalue weighted by Crippen LogP contribution is 2.36. The predicted molar refractivity (Wildman–Crippen MR) is 127 cm³/mol. The Bertz CT molecular complexity index is 1360. The lowest BCUT2D eigenvalue weighted by molar-refractivity contribution is -0.250. The Kier molecular flexibility index (Phi) is 5.91. The van der Waals surface area contributed by atoms with Crippen LogP contribution in [-0.2, 0) is 11.2 Å². The van der Waals surface area contributed by atoms with Crippen molar-refractivity contribution in [3.63, 3.8) is 0 Å². The first-order valence-electron chi connectivity index (χ1n) is 11.4. The maximum Gasteiger partial charge on any atom is 0.163 e. The van der Waals surface area contributed by atoms with E-state index in [-0.39, 0.29) is 5.82 Å². The number of aromatic nitrogens is 1. The van der Waals surface area contributed by atoms with Crippen LogP contribution in [0.4, 0.5) is 4.39 Å². The van der Waals surface area contributed by atoms with Crippen LogP contribution in [0.5, 0.6) is 0 Å². The molecule has 0 amide bonds. The Balaban J connectivity index is 1.60. The molecular formula is C27H28FNO5. The van der Waals surface area contributed by atoms with Crippen LogP contribution in [0.25, 0.3) is 21.7 Å². The van der Waals surface area contributed by atoms with E-state index in [1.165, 1.54) is 17.7 Å². The fourth-order valence-electron chi connectivity index (χ4n) is 5.02. The number of aliphatic hydroxyl groups excluding tert-OH is 4. The van der Waals surface area contributed by atoms with E-state index in [2.05, 4.69) is 37.3 Å². The third-order valence-electron chi connectivity index (χ3n) is 6.76. The normalized spacial score (nSPS) is 25.3. The van der Waals surface area contributed by atoms with E-state index in [4.69, 9.17) is 4.74 Å². The van der Waals surface area contributed by atoms with Gasteiger partial charge in [-0.15, -0.1) is 0 Å². The topological polar surface area (TPSA) is 95.1 Å². The van der Waals surface area contributed by atoms with Crippen LogP contribution in [0.3, 0.4) is 0 Å². The minimum Gasteiger partial charge on any atom is -0.394 e. The maximum atomic E-state index is 14.4. The molecule has 0 saturated carbocycles. The van der Waals surface area contributed by atoms with Crippen molar-refractivity contribution in [2.24, 2.45) is 0 Å². The van der Waals surface area contributed by atoms with Crippen molar-refractivity contribution in [3.8, 4) is 0 Å². The van der Waals surface area contributed by atoms with Gasteiger partial charge in [0, 0.05) is 11.6 Å². The summed E-state index contributed by atoms with van der Waals surface area (Å²) in [6, 6.07) is 15.4. The van der Waals surface area contributed by atoms with Crippen LogP contribution in [0.2, 0.25) is 0 Å². The molecular weight excluding hydrogens is 437 g/mol. The molecule has 6 nitrogen and oxygen atoms in total. The number of fused-ring (bicyclic) bond motifs is 2. The number of benzene rings is 3. The second-order valence-corrected chi connectivity index (χ2v) is 9.26. The second kappa shape index (κ2) is 8.76. The highest BCUT2D eigenvalue weighted by molar-refractivity contribution is 5.88. The Morgan fingerprint density at radius 2 is 1.65 bits per heavy atom. The molecule has 3 aromatic carbocycles. The number of hydrogen-bond donors (Lipinski definition) is 4. The van der Waals surface area contributed by atoms with E-state index in [1.807, 2.05) is 6.07 Å².